The van der Waals surface area contributed by atoms with Crippen LogP contribution in [0.25, 0.3) is 16.7 Å². The molecule has 1 heterocycles. The van der Waals surface area contributed by atoms with Crippen LogP contribution < -0.4 is 5.73 Å². The van der Waals surface area contributed by atoms with Crippen LogP contribution in [0.15, 0.2) is 36.7 Å². The third kappa shape index (κ3) is 2.29. The summed E-state index contributed by atoms with van der Waals surface area (Å²) in [6.07, 6.45) is 1.71. The molecule has 0 aliphatic carbocycles. The molecule has 0 atom stereocenters. The van der Waals surface area contributed by atoms with E-state index in [1.54, 1.807) is 12.4 Å². The lowest BCUT2D eigenvalue weighted by Crippen LogP contribution is -2.13. The molecule has 5 heteroatoms. The zero-order chi connectivity index (χ0) is 15.1. The topological polar surface area (TPSA) is 43.8 Å². The van der Waals surface area contributed by atoms with Crippen LogP contribution in [-0.4, -0.2) is 14.5 Å². The number of thiocarbonyl (C=S) groups is 1. The average molecular weight is 299 g/mol. The molecular formula is C16H14FN3S. The van der Waals surface area contributed by atoms with Gasteiger partial charge < -0.3 is 5.73 Å². The highest BCUT2D eigenvalue weighted by atomic mass is 32.1. The Morgan fingerprint density at radius 1 is 1.19 bits per heavy atom. The molecule has 21 heavy (non-hydrogen) atoms. The van der Waals surface area contributed by atoms with Crippen molar-refractivity contribution in [2.24, 2.45) is 5.73 Å². The highest BCUT2D eigenvalue weighted by Crippen LogP contribution is 2.24. The summed E-state index contributed by atoms with van der Waals surface area (Å²) < 4.78 is 15.3. The molecular weight excluding hydrogens is 285 g/mol. The Morgan fingerprint density at radius 3 is 2.62 bits per heavy atom. The van der Waals surface area contributed by atoms with Crippen molar-refractivity contribution in [3.63, 3.8) is 0 Å². The van der Waals surface area contributed by atoms with E-state index >= 15 is 0 Å². The van der Waals surface area contributed by atoms with Gasteiger partial charge in [0, 0.05) is 5.56 Å². The van der Waals surface area contributed by atoms with E-state index in [-0.39, 0.29) is 10.8 Å². The van der Waals surface area contributed by atoms with Crippen molar-refractivity contribution in [2.45, 2.75) is 13.8 Å². The lowest BCUT2D eigenvalue weighted by atomic mass is 10.1. The highest BCUT2D eigenvalue weighted by Gasteiger charge is 2.12. The average Bonchev–Trinajstić information content (AvgIpc) is 2.82. The van der Waals surface area contributed by atoms with Gasteiger partial charge in [-0.3, -0.25) is 4.57 Å². The van der Waals surface area contributed by atoms with Gasteiger partial charge >= 0.3 is 0 Å². The van der Waals surface area contributed by atoms with Gasteiger partial charge in [0.2, 0.25) is 0 Å². The monoisotopic (exact) mass is 299 g/mol. The number of aryl methyl sites for hydroxylation is 2. The summed E-state index contributed by atoms with van der Waals surface area (Å²) in [5.74, 6) is -0.363. The Morgan fingerprint density at radius 2 is 1.90 bits per heavy atom. The molecule has 2 N–H and O–H groups in total. The van der Waals surface area contributed by atoms with Crippen LogP contribution in [0.2, 0.25) is 0 Å². The predicted octanol–water partition coefficient (Wildman–Crippen LogP) is 3.42. The summed E-state index contributed by atoms with van der Waals surface area (Å²) in [6.45, 7) is 4.09. The van der Waals surface area contributed by atoms with Gasteiger partial charge in [-0.15, -0.1) is 0 Å². The SMILES string of the molecule is Cc1cc2ncn(-c3ccc(F)cc3C(N)=S)c2cc1C. The van der Waals surface area contributed by atoms with E-state index in [2.05, 4.69) is 11.1 Å². The maximum absolute atomic E-state index is 13.4. The first-order valence-electron chi connectivity index (χ1n) is 6.51. The smallest absolute Gasteiger partial charge is 0.124 e. The number of nitrogens with two attached hydrogens (primary N) is 1. The van der Waals surface area contributed by atoms with Crippen molar-refractivity contribution in [2.75, 3.05) is 0 Å². The fourth-order valence-corrected chi connectivity index (χ4v) is 2.54. The summed E-state index contributed by atoms with van der Waals surface area (Å²) in [6, 6.07) is 8.50. The number of fused-ring (bicyclic) bond motifs is 1. The number of hydrogen-bond acceptors (Lipinski definition) is 2. The lowest BCUT2D eigenvalue weighted by Gasteiger charge is -2.11. The molecule has 3 rings (SSSR count). The summed E-state index contributed by atoms with van der Waals surface area (Å²) in [5, 5.41) is 0. The van der Waals surface area contributed by atoms with Crippen LogP contribution in [0.1, 0.15) is 16.7 Å². The van der Waals surface area contributed by atoms with Crippen LogP contribution >= 0.6 is 12.2 Å². The van der Waals surface area contributed by atoms with Gasteiger partial charge in [0.15, 0.2) is 0 Å². The second kappa shape index (κ2) is 4.93. The number of nitrogens with zero attached hydrogens (tertiary/aromatic N) is 2. The Hall–Kier alpha value is -2.27. The first-order valence-corrected chi connectivity index (χ1v) is 6.92. The standard InChI is InChI=1S/C16H14FN3S/c1-9-5-13-15(6-10(9)2)20(8-19-13)14-4-3-11(17)7-12(14)16(18)21/h3-8H,1-2H3,(H2,18,21). The molecule has 0 saturated heterocycles. The van der Waals surface area contributed by atoms with Gasteiger partial charge in [-0.1, -0.05) is 12.2 Å². The Kier molecular flexibility index (Phi) is 3.22. The second-order valence-corrected chi connectivity index (χ2v) is 5.51. The van der Waals surface area contributed by atoms with Gasteiger partial charge in [0.1, 0.15) is 17.1 Å². The molecule has 0 aliphatic rings. The molecule has 0 amide bonds. The normalized spacial score (nSPS) is 11.0. The fourth-order valence-electron chi connectivity index (χ4n) is 2.37. The largest absolute Gasteiger partial charge is 0.389 e. The highest BCUT2D eigenvalue weighted by molar-refractivity contribution is 7.80. The number of benzene rings is 2. The zero-order valence-corrected chi connectivity index (χ0v) is 12.5. The van der Waals surface area contributed by atoms with Crippen molar-refractivity contribution in [1.29, 1.82) is 0 Å². The van der Waals surface area contributed by atoms with E-state index in [1.165, 1.54) is 23.3 Å². The third-order valence-electron chi connectivity index (χ3n) is 3.65. The van der Waals surface area contributed by atoms with Gasteiger partial charge in [0.05, 0.1) is 16.7 Å². The molecule has 3 aromatic rings. The Labute approximate surface area is 127 Å². The minimum Gasteiger partial charge on any atom is -0.389 e. The molecule has 0 fully saturated rings. The molecule has 0 aliphatic heterocycles. The van der Waals surface area contributed by atoms with Crippen LogP contribution in [-0.2, 0) is 0 Å². The van der Waals surface area contributed by atoms with Crippen LogP contribution in [0.4, 0.5) is 4.39 Å². The first kappa shape index (κ1) is 13.7. The summed E-state index contributed by atoms with van der Waals surface area (Å²) >= 11 is 5.03. The fraction of sp³-hybridized carbons (Fsp3) is 0.125. The van der Waals surface area contributed by atoms with E-state index in [9.17, 15) is 4.39 Å². The van der Waals surface area contributed by atoms with E-state index < -0.39 is 0 Å². The lowest BCUT2D eigenvalue weighted by molar-refractivity contribution is 0.627. The Bertz CT molecular complexity index is 867. The molecule has 0 spiro atoms. The molecule has 3 nitrogen and oxygen atoms in total. The maximum atomic E-state index is 13.4. The van der Waals surface area contributed by atoms with Crippen molar-refractivity contribution in [3.05, 3.63) is 59.2 Å². The summed E-state index contributed by atoms with van der Waals surface area (Å²) in [4.78, 5) is 4.57. The van der Waals surface area contributed by atoms with Crippen molar-refractivity contribution in [1.82, 2.24) is 9.55 Å². The summed E-state index contributed by atoms with van der Waals surface area (Å²) in [7, 11) is 0. The molecule has 0 bridgehead atoms. The predicted molar refractivity (Wildman–Crippen MR) is 86.4 cm³/mol. The zero-order valence-electron chi connectivity index (χ0n) is 11.7. The van der Waals surface area contributed by atoms with E-state index in [0.29, 0.717) is 5.56 Å². The quantitative estimate of drug-likeness (QED) is 0.737. The molecule has 0 saturated carbocycles. The first-order chi connectivity index (χ1) is 9.97. The number of hydrogen-bond donors (Lipinski definition) is 1. The molecule has 1 aromatic heterocycles. The third-order valence-corrected chi connectivity index (χ3v) is 3.87. The molecule has 2 aromatic carbocycles. The number of aromatic nitrogens is 2. The van der Waals surface area contributed by atoms with Crippen molar-refractivity contribution in [3.8, 4) is 5.69 Å². The number of rotatable bonds is 2. The second-order valence-electron chi connectivity index (χ2n) is 5.07. The molecule has 106 valence electrons. The van der Waals surface area contributed by atoms with Crippen molar-refractivity contribution < 1.29 is 4.39 Å². The van der Waals surface area contributed by atoms with Gasteiger partial charge in [-0.2, -0.15) is 0 Å². The number of halogens is 1. The van der Waals surface area contributed by atoms with Crippen molar-refractivity contribution >= 4 is 28.2 Å². The van der Waals surface area contributed by atoms with Crippen LogP contribution in [0.5, 0.6) is 0 Å². The van der Waals surface area contributed by atoms with Crippen LogP contribution in [0, 0.1) is 19.7 Å². The van der Waals surface area contributed by atoms with Gasteiger partial charge in [-0.05, 0) is 55.3 Å². The van der Waals surface area contributed by atoms with Gasteiger partial charge in [0.25, 0.3) is 0 Å². The maximum Gasteiger partial charge on any atom is 0.124 e. The van der Waals surface area contributed by atoms with Gasteiger partial charge in [-0.25, -0.2) is 9.37 Å². The Balaban J connectivity index is 2.31. The van der Waals surface area contributed by atoms with Crippen LogP contribution in [0.3, 0.4) is 0 Å². The van der Waals surface area contributed by atoms with E-state index in [1.807, 2.05) is 24.5 Å². The summed E-state index contributed by atoms with van der Waals surface area (Å²) in [5.41, 5.74) is 11.1. The minimum absolute atomic E-state index is 0.162. The number of imidazole rings is 1. The van der Waals surface area contributed by atoms with E-state index in [4.69, 9.17) is 18.0 Å². The molecule has 0 radical (unpaired) electrons. The molecule has 0 unspecified atom stereocenters. The van der Waals surface area contributed by atoms with E-state index in [0.717, 1.165) is 16.7 Å². The minimum atomic E-state index is -0.363.